The van der Waals surface area contributed by atoms with Gasteiger partial charge in [0.15, 0.2) is 0 Å². The molecule has 0 saturated carbocycles. The van der Waals surface area contributed by atoms with Crippen LogP contribution in [0.15, 0.2) is 23.4 Å². The van der Waals surface area contributed by atoms with Crippen LogP contribution in [0, 0.1) is 0 Å². The molecule has 0 saturated heterocycles. The number of nitrogens with zero attached hydrogens (tertiary/aromatic N) is 1. The first-order valence-electron chi connectivity index (χ1n) is 5.72. The summed E-state index contributed by atoms with van der Waals surface area (Å²) < 4.78 is 5.34. The summed E-state index contributed by atoms with van der Waals surface area (Å²) in [7, 11) is 0. The molecule has 1 aromatic rings. The largest absolute Gasteiger partial charge is 0.390 e. The highest BCUT2D eigenvalue weighted by Gasteiger charge is 2.05. The molecule has 0 radical (unpaired) electrons. The van der Waals surface area contributed by atoms with E-state index in [0.717, 1.165) is 24.5 Å². The summed E-state index contributed by atoms with van der Waals surface area (Å²) >= 11 is 7.23. The van der Waals surface area contributed by atoms with Crippen molar-refractivity contribution in [3.05, 3.63) is 23.4 Å². The lowest BCUT2D eigenvalue weighted by Crippen LogP contribution is -2.18. The second-order valence-corrected chi connectivity index (χ2v) is 5.18. The van der Waals surface area contributed by atoms with Crippen LogP contribution in [0.4, 0.5) is 0 Å². The summed E-state index contributed by atoms with van der Waals surface area (Å²) in [6.45, 7) is 3.22. The number of halogens is 1. The van der Waals surface area contributed by atoms with Crippen LogP contribution < -0.4 is 0 Å². The monoisotopic (exact) mass is 275 g/mol. The minimum absolute atomic E-state index is 0.389. The Hall–Kier alpha value is -0.290. The molecule has 0 aromatic carbocycles. The van der Waals surface area contributed by atoms with E-state index in [-0.39, 0.29) is 0 Å². The fourth-order valence-corrected chi connectivity index (χ4v) is 2.01. The fourth-order valence-electron chi connectivity index (χ4n) is 1.14. The lowest BCUT2D eigenvalue weighted by Gasteiger charge is -2.10. The van der Waals surface area contributed by atoms with E-state index in [4.69, 9.17) is 16.3 Å². The van der Waals surface area contributed by atoms with Crippen molar-refractivity contribution in [1.29, 1.82) is 0 Å². The molecular formula is C12H18ClNO2S. The average molecular weight is 276 g/mol. The van der Waals surface area contributed by atoms with Crippen molar-refractivity contribution in [3.8, 4) is 0 Å². The second kappa shape index (κ2) is 8.75. The molecule has 1 aromatic heterocycles. The van der Waals surface area contributed by atoms with Crippen molar-refractivity contribution in [3.63, 3.8) is 0 Å². The lowest BCUT2D eigenvalue weighted by atomic mass is 10.3. The Labute approximate surface area is 112 Å². The Morgan fingerprint density at radius 2 is 2.35 bits per heavy atom. The van der Waals surface area contributed by atoms with E-state index >= 15 is 0 Å². The molecule has 3 nitrogen and oxygen atoms in total. The zero-order valence-corrected chi connectivity index (χ0v) is 11.5. The predicted molar refractivity (Wildman–Crippen MR) is 71.7 cm³/mol. The fraction of sp³-hybridized carbons (Fsp3) is 0.583. The number of ether oxygens (including phenoxy) is 1. The van der Waals surface area contributed by atoms with Gasteiger partial charge in [0.05, 0.1) is 22.8 Å². The smallest absolute Gasteiger partial charge is 0.0961 e. The SMILES string of the molecule is CCCCOCC(O)CSc1ccc(Cl)cn1. The van der Waals surface area contributed by atoms with Gasteiger partial charge < -0.3 is 9.84 Å². The number of hydrogen-bond acceptors (Lipinski definition) is 4. The molecule has 0 aliphatic heterocycles. The Kier molecular flexibility index (Phi) is 7.60. The number of pyridine rings is 1. The van der Waals surface area contributed by atoms with Gasteiger partial charge in [-0.2, -0.15) is 0 Å². The highest BCUT2D eigenvalue weighted by atomic mass is 35.5. The van der Waals surface area contributed by atoms with Crippen LogP contribution in [-0.4, -0.2) is 35.2 Å². The summed E-state index contributed by atoms with van der Waals surface area (Å²) in [5, 5.41) is 11.2. The molecule has 1 rings (SSSR count). The lowest BCUT2D eigenvalue weighted by molar-refractivity contribution is 0.0473. The first kappa shape index (κ1) is 14.8. The van der Waals surface area contributed by atoms with Crippen LogP contribution in [0.25, 0.3) is 0 Å². The first-order valence-corrected chi connectivity index (χ1v) is 7.09. The van der Waals surface area contributed by atoms with Crippen LogP contribution in [0.1, 0.15) is 19.8 Å². The van der Waals surface area contributed by atoms with Gasteiger partial charge in [0.1, 0.15) is 0 Å². The molecule has 1 atom stereocenters. The highest BCUT2D eigenvalue weighted by molar-refractivity contribution is 7.99. The molecule has 0 amide bonds. The van der Waals surface area contributed by atoms with Crippen LogP contribution in [0.5, 0.6) is 0 Å². The number of aliphatic hydroxyl groups excluding tert-OH is 1. The molecule has 0 bridgehead atoms. The highest BCUT2D eigenvalue weighted by Crippen LogP contribution is 2.18. The van der Waals surface area contributed by atoms with E-state index < -0.39 is 6.10 Å². The topological polar surface area (TPSA) is 42.4 Å². The summed E-state index contributed by atoms with van der Waals surface area (Å²) in [6, 6.07) is 3.64. The van der Waals surface area contributed by atoms with Crippen LogP contribution >= 0.6 is 23.4 Å². The summed E-state index contributed by atoms with van der Waals surface area (Å²) in [6.07, 6.45) is 3.31. The first-order chi connectivity index (χ1) is 8.22. The molecule has 1 heterocycles. The third kappa shape index (κ3) is 6.88. The molecule has 0 spiro atoms. The van der Waals surface area contributed by atoms with E-state index in [9.17, 15) is 5.11 Å². The molecule has 17 heavy (non-hydrogen) atoms. The Bertz CT molecular complexity index is 308. The Morgan fingerprint density at radius 3 is 3.00 bits per heavy atom. The van der Waals surface area contributed by atoms with E-state index in [1.54, 1.807) is 12.3 Å². The molecule has 0 aliphatic rings. The standard InChI is InChI=1S/C12H18ClNO2S/c1-2-3-6-16-8-11(15)9-17-12-5-4-10(13)7-14-12/h4-5,7,11,15H,2-3,6,8-9H2,1H3. The van der Waals surface area contributed by atoms with Gasteiger partial charge in [-0.1, -0.05) is 24.9 Å². The maximum atomic E-state index is 9.66. The van der Waals surface area contributed by atoms with E-state index in [2.05, 4.69) is 11.9 Å². The van der Waals surface area contributed by atoms with Gasteiger partial charge in [0.2, 0.25) is 0 Å². The van der Waals surface area contributed by atoms with Crippen molar-refractivity contribution in [1.82, 2.24) is 4.98 Å². The number of rotatable bonds is 8. The number of aromatic nitrogens is 1. The van der Waals surface area contributed by atoms with Crippen molar-refractivity contribution in [2.75, 3.05) is 19.0 Å². The molecule has 1 N–H and O–H groups in total. The molecule has 96 valence electrons. The van der Waals surface area contributed by atoms with Crippen molar-refractivity contribution >= 4 is 23.4 Å². The van der Waals surface area contributed by atoms with Crippen molar-refractivity contribution in [2.45, 2.75) is 30.9 Å². The summed E-state index contributed by atoms with van der Waals surface area (Å²) in [4.78, 5) is 4.14. The van der Waals surface area contributed by atoms with Gasteiger partial charge in [-0.3, -0.25) is 0 Å². The molecule has 1 unspecified atom stereocenters. The van der Waals surface area contributed by atoms with Gasteiger partial charge in [-0.05, 0) is 18.6 Å². The normalized spacial score (nSPS) is 12.6. The minimum atomic E-state index is -0.450. The minimum Gasteiger partial charge on any atom is -0.390 e. The van der Waals surface area contributed by atoms with Crippen LogP contribution in [0.3, 0.4) is 0 Å². The summed E-state index contributed by atoms with van der Waals surface area (Å²) in [5.41, 5.74) is 0. The average Bonchev–Trinajstić information content (AvgIpc) is 2.34. The van der Waals surface area contributed by atoms with Crippen molar-refractivity contribution in [2.24, 2.45) is 0 Å². The number of unbranched alkanes of at least 4 members (excludes halogenated alkanes) is 1. The van der Waals surface area contributed by atoms with Gasteiger partial charge in [-0.25, -0.2) is 4.98 Å². The van der Waals surface area contributed by atoms with Gasteiger partial charge >= 0.3 is 0 Å². The Morgan fingerprint density at radius 1 is 1.53 bits per heavy atom. The van der Waals surface area contributed by atoms with Gasteiger partial charge in [0, 0.05) is 18.6 Å². The molecular weight excluding hydrogens is 258 g/mol. The number of hydrogen-bond donors (Lipinski definition) is 1. The molecule has 0 fully saturated rings. The maximum absolute atomic E-state index is 9.66. The zero-order chi connectivity index (χ0) is 12.5. The van der Waals surface area contributed by atoms with Crippen LogP contribution in [0.2, 0.25) is 5.02 Å². The number of thioether (sulfide) groups is 1. The predicted octanol–water partition coefficient (Wildman–Crippen LogP) is 3.00. The van der Waals surface area contributed by atoms with E-state index in [0.29, 0.717) is 17.4 Å². The summed E-state index contributed by atoms with van der Waals surface area (Å²) in [5.74, 6) is 0.584. The van der Waals surface area contributed by atoms with E-state index in [1.165, 1.54) is 11.8 Å². The van der Waals surface area contributed by atoms with Crippen LogP contribution in [-0.2, 0) is 4.74 Å². The zero-order valence-electron chi connectivity index (χ0n) is 9.93. The van der Waals surface area contributed by atoms with Crippen molar-refractivity contribution < 1.29 is 9.84 Å². The quantitative estimate of drug-likeness (QED) is 0.585. The maximum Gasteiger partial charge on any atom is 0.0961 e. The number of aliphatic hydroxyl groups is 1. The van der Waals surface area contributed by atoms with Gasteiger partial charge in [-0.15, -0.1) is 11.8 Å². The van der Waals surface area contributed by atoms with E-state index in [1.807, 2.05) is 6.07 Å². The third-order valence-electron chi connectivity index (χ3n) is 2.08. The third-order valence-corrected chi connectivity index (χ3v) is 3.39. The molecule has 0 aliphatic carbocycles. The molecule has 5 heteroatoms. The van der Waals surface area contributed by atoms with Gasteiger partial charge in [0.25, 0.3) is 0 Å². The Balaban J connectivity index is 2.14. The second-order valence-electron chi connectivity index (χ2n) is 3.71.